The Morgan fingerprint density at radius 2 is 1.96 bits per heavy atom. The number of unbranched alkanes of at least 4 members (excludes halogenated alkanes) is 3. The van der Waals surface area contributed by atoms with E-state index in [-0.39, 0.29) is 5.69 Å². The van der Waals surface area contributed by atoms with Crippen molar-refractivity contribution in [2.24, 2.45) is 5.73 Å². The van der Waals surface area contributed by atoms with Crippen LogP contribution in [0.5, 0.6) is 0 Å². The Morgan fingerprint density at radius 3 is 2.56 bits per heavy atom. The van der Waals surface area contributed by atoms with Crippen LogP contribution in [-0.4, -0.2) is 24.0 Å². The third-order valence-electron chi connectivity index (χ3n) is 3.68. The molecule has 0 radical (unpaired) electrons. The monoisotopic (exact) mass is 369 g/mol. The van der Waals surface area contributed by atoms with Crippen molar-refractivity contribution in [3.63, 3.8) is 0 Å². The van der Waals surface area contributed by atoms with Crippen molar-refractivity contribution in [2.45, 2.75) is 32.6 Å². The molecule has 1 heterocycles. The molecule has 0 amide bonds. The summed E-state index contributed by atoms with van der Waals surface area (Å²) in [4.78, 5) is 3.01. The molecule has 0 unspecified atom stereocenters. The van der Waals surface area contributed by atoms with E-state index in [1.807, 2.05) is 0 Å². The number of hydrogen-bond donors (Lipinski definition) is 5. The smallest absolute Gasteiger partial charge is 0.146 e. The number of aromatic amines is 1. The summed E-state index contributed by atoms with van der Waals surface area (Å²) in [6, 6.07) is 4.51. The normalized spacial score (nSPS) is 10.2. The second-order valence-electron chi connectivity index (χ2n) is 5.69. The van der Waals surface area contributed by atoms with Crippen molar-refractivity contribution in [3.05, 3.63) is 30.2 Å². The Morgan fingerprint density at radius 1 is 1.20 bits per heavy atom. The van der Waals surface area contributed by atoms with Gasteiger partial charge in [0, 0.05) is 24.2 Å². The molecule has 7 heteroatoms. The highest BCUT2D eigenvalue weighted by atomic mass is 35.5. The highest BCUT2D eigenvalue weighted by Crippen LogP contribution is 2.32. The van der Waals surface area contributed by atoms with Gasteiger partial charge in [0.05, 0.1) is 11.4 Å². The van der Waals surface area contributed by atoms with Crippen molar-refractivity contribution in [3.8, 4) is 11.1 Å². The zero-order valence-corrected chi connectivity index (χ0v) is 15.5. The summed E-state index contributed by atoms with van der Waals surface area (Å²) in [7, 11) is 0. The molecule has 25 heavy (non-hydrogen) atoms. The number of rotatable bonds is 8. The molecule has 8 N–H and O–H groups in total. The second kappa shape index (κ2) is 11.6. The molecule has 1 aromatic heterocycles. The van der Waals surface area contributed by atoms with Crippen LogP contribution in [0.15, 0.2) is 24.4 Å². The number of nitrogens with two attached hydrogens (primary N) is 3. The van der Waals surface area contributed by atoms with Crippen molar-refractivity contribution < 1.29 is 4.39 Å². The summed E-state index contributed by atoms with van der Waals surface area (Å²) in [6.45, 7) is 3.67. The lowest BCUT2D eigenvalue weighted by molar-refractivity contribution is 0.632. The molecule has 0 fully saturated rings. The first-order valence-corrected chi connectivity index (χ1v) is 9.10. The first-order chi connectivity index (χ1) is 12.0. The molecule has 2 rings (SSSR count). The number of nitrogens with one attached hydrogen (secondary N) is 2. The van der Waals surface area contributed by atoms with Crippen LogP contribution in [0.4, 0.5) is 21.6 Å². The number of aromatic nitrogens is 1. The number of nitrogen functional groups attached to an aromatic ring is 2. The topological polar surface area (TPSA) is 106 Å². The summed E-state index contributed by atoms with van der Waals surface area (Å²) in [5, 5.41) is 3.06. The van der Waals surface area contributed by atoms with Crippen LogP contribution >= 0.6 is 11.6 Å². The van der Waals surface area contributed by atoms with Gasteiger partial charge >= 0.3 is 0 Å². The first-order valence-electron chi connectivity index (χ1n) is 8.57. The molecule has 0 saturated carbocycles. The molecule has 5 nitrogen and oxygen atoms in total. The largest absolute Gasteiger partial charge is 0.396 e. The van der Waals surface area contributed by atoms with E-state index in [9.17, 15) is 4.39 Å². The SMILES string of the molecule is CCCCCCN.Nc1cc(-c2c[nH]c(NCCCl)c2N)ccc1F. The molecule has 140 valence electrons. The van der Waals surface area contributed by atoms with E-state index in [2.05, 4.69) is 17.2 Å². The van der Waals surface area contributed by atoms with E-state index < -0.39 is 5.82 Å². The predicted octanol–water partition coefficient (Wildman–Crippen LogP) is 4.16. The van der Waals surface area contributed by atoms with Crippen LogP contribution in [0.25, 0.3) is 11.1 Å². The maximum Gasteiger partial charge on any atom is 0.146 e. The molecular formula is C18H29ClFN5. The lowest BCUT2D eigenvalue weighted by atomic mass is 10.1. The van der Waals surface area contributed by atoms with Crippen LogP contribution in [0.2, 0.25) is 0 Å². The molecule has 0 aliphatic heterocycles. The molecule has 0 atom stereocenters. The maximum atomic E-state index is 13.1. The molecule has 0 aliphatic carbocycles. The predicted molar refractivity (Wildman–Crippen MR) is 107 cm³/mol. The quantitative estimate of drug-likeness (QED) is 0.273. The molecule has 0 aliphatic rings. The van der Waals surface area contributed by atoms with E-state index in [0.717, 1.165) is 17.7 Å². The van der Waals surface area contributed by atoms with Gasteiger partial charge in [0.15, 0.2) is 0 Å². The number of halogens is 2. The molecule has 2 aromatic rings. The Kier molecular flexibility index (Phi) is 9.80. The molecular weight excluding hydrogens is 341 g/mol. The highest BCUT2D eigenvalue weighted by Gasteiger charge is 2.10. The van der Waals surface area contributed by atoms with Gasteiger partial charge in [-0.1, -0.05) is 32.3 Å². The van der Waals surface area contributed by atoms with Crippen molar-refractivity contribution in [1.82, 2.24) is 4.98 Å². The van der Waals surface area contributed by atoms with E-state index >= 15 is 0 Å². The van der Waals surface area contributed by atoms with Crippen molar-refractivity contribution in [2.75, 3.05) is 35.8 Å². The van der Waals surface area contributed by atoms with Crippen LogP contribution in [0.3, 0.4) is 0 Å². The van der Waals surface area contributed by atoms with Gasteiger partial charge in [0.25, 0.3) is 0 Å². The third-order valence-corrected chi connectivity index (χ3v) is 3.87. The second-order valence-corrected chi connectivity index (χ2v) is 6.07. The van der Waals surface area contributed by atoms with E-state index in [1.165, 1.54) is 31.7 Å². The zero-order valence-electron chi connectivity index (χ0n) is 14.7. The fraction of sp³-hybridized carbons (Fsp3) is 0.444. The molecule has 0 saturated heterocycles. The van der Waals surface area contributed by atoms with Crippen LogP contribution < -0.4 is 22.5 Å². The third kappa shape index (κ3) is 6.84. The summed E-state index contributed by atoms with van der Waals surface area (Å²) in [6.07, 6.45) is 6.91. The Hall–Kier alpha value is -1.92. The minimum absolute atomic E-state index is 0.100. The van der Waals surface area contributed by atoms with Gasteiger partial charge in [-0.3, -0.25) is 0 Å². The zero-order chi connectivity index (χ0) is 18.7. The summed E-state index contributed by atoms with van der Waals surface area (Å²) < 4.78 is 13.1. The van der Waals surface area contributed by atoms with Gasteiger partial charge in [-0.05, 0) is 30.7 Å². The standard InChI is InChI=1S/C12H14ClFN4.C6H15N/c13-3-4-17-12-11(16)8(6-18-12)7-1-2-9(14)10(15)5-7;1-2-3-4-5-6-7/h1-2,5-6,17-18H,3-4,15-16H2;2-7H2,1H3. The Bertz CT molecular complexity index is 626. The van der Waals surface area contributed by atoms with Crippen molar-refractivity contribution >= 4 is 28.8 Å². The Labute approximate surface area is 154 Å². The summed E-state index contributed by atoms with van der Waals surface area (Å²) >= 11 is 5.59. The fourth-order valence-electron chi connectivity index (χ4n) is 2.27. The summed E-state index contributed by atoms with van der Waals surface area (Å²) in [5.74, 6) is 0.749. The Balaban J connectivity index is 0.000000381. The number of benzene rings is 1. The average Bonchev–Trinajstić information content (AvgIpc) is 2.97. The van der Waals surface area contributed by atoms with E-state index in [0.29, 0.717) is 23.9 Å². The van der Waals surface area contributed by atoms with Gasteiger partial charge < -0.3 is 27.5 Å². The number of alkyl halides is 1. The lowest BCUT2D eigenvalue weighted by Crippen LogP contribution is -2.04. The van der Waals surface area contributed by atoms with Crippen LogP contribution in [0.1, 0.15) is 32.6 Å². The maximum absolute atomic E-state index is 13.1. The minimum Gasteiger partial charge on any atom is -0.396 e. The average molecular weight is 370 g/mol. The molecule has 0 spiro atoms. The highest BCUT2D eigenvalue weighted by molar-refractivity contribution is 6.18. The number of H-pyrrole nitrogens is 1. The van der Waals surface area contributed by atoms with Gasteiger partial charge in [0.1, 0.15) is 11.6 Å². The summed E-state index contributed by atoms with van der Waals surface area (Å²) in [5.41, 5.74) is 19.0. The van der Waals surface area contributed by atoms with E-state index in [1.54, 1.807) is 18.3 Å². The molecule has 1 aromatic carbocycles. The minimum atomic E-state index is -0.437. The van der Waals surface area contributed by atoms with Gasteiger partial charge in [0.2, 0.25) is 0 Å². The number of hydrogen-bond acceptors (Lipinski definition) is 4. The van der Waals surface area contributed by atoms with E-state index in [4.69, 9.17) is 28.8 Å². The number of anilines is 3. The molecule has 0 bridgehead atoms. The fourth-order valence-corrected chi connectivity index (χ4v) is 2.37. The van der Waals surface area contributed by atoms with Gasteiger partial charge in [-0.15, -0.1) is 11.6 Å². The van der Waals surface area contributed by atoms with Gasteiger partial charge in [-0.2, -0.15) is 0 Å². The van der Waals surface area contributed by atoms with Crippen LogP contribution in [0, 0.1) is 5.82 Å². The van der Waals surface area contributed by atoms with Crippen LogP contribution in [-0.2, 0) is 0 Å². The van der Waals surface area contributed by atoms with Gasteiger partial charge in [-0.25, -0.2) is 4.39 Å². The first kappa shape index (κ1) is 21.1. The lowest BCUT2D eigenvalue weighted by Gasteiger charge is -2.05. The van der Waals surface area contributed by atoms with Crippen molar-refractivity contribution in [1.29, 1.82) is 0 Å².